The van der Waals surface area contributed by atoms with E-state index in [0.29, 0.717) is 18.4 Å². The van der Waals surface area contributed by atoms with Gasteiger partial charge in [-0.05, 0) is 31.4 Å². The second-order valence-electron chi connectivity index (χ2n) is 6.15. The summed E-state index contributed by atoms with van der Waals surface area (Å²) in [5.74, 6) is -0.311. The number of hydrogen-bond acceptors (Lipinski definition) is 2. The van der Waals surface area contributed by atoms with Crippen molar-refractivity contribution in [3.8, 4) is 6.07 Å². The van der Waals surface area contributed by atoms with E-state index in [1.807, 2.05) is 0 Å². The SMILES string of the molecule is CC(O)(Cc1ccccc1F)C1(C#N)CCCCCC1. The molecule has 0 aliphatic heterocycles. The van der Waals surface area contributed by atoms with Crippen molar-refractivity contribution in [1.29, 1.82) is 5.26 Å². The minimum atomic E-state index is -1.20. The molecule has 20 heavy (non-hydrogen) atoms. The molecule has 1 aliphatic rings. The fraction of sp³-hybridized carbons (Fsp3) is 0.588. The van der Waals surface area contributed by atoms with Crippen LogP contribution >= 0.6 is 0 Å². The molecule has 1 unspecified atom stereocenters. The van der Waals surface area contributed by atoms with Crippen LogP contribution < -0.4 is 0 Å². The van der Waals surface area contributed by atoms with E-state index < -0.39 is 11.0 Å². The zero-order valence-electron chi connectivity index (χ0n) is 12.0. The van der Waals surface area contributed by atoms with Crippen LogP contribution in [0.3, 0.4) is 0 Å². The Kier molecular flexibility index (Phi) is 4.45. The predicted molar refractivity (Wildman–Crippen MR) is 76.5 cm³/mol. The largest absolute Gasteiger partial charge is 0.388 e. The van der Waals surface area contributed by atoms with Gasteiger partial charge in [0.2, 0.25) is 0 Å². The topological polar surface area (TPSA) is 44.0 Å². The molecule has 1 fully saturated rings. The highest BCUT2D eigenvalue weighted by Crippen LogP contribution is 2.45. The molecule has 1 aromatic rings. The first-order chi connectivity index (χ1) is 9.51. The van der Waals surface area contributed by atoms with Crippen molar-refractivity contribution in [2.24, 2.45) is 5.41 Å². The highest BCUT2D eigenvalue weighted by atomic mass is 19.1. The van der Waals surface area contributed by atoms with Crippen LogP contribution in [0.25, 0.3) is 0 Å². The Bertz CT molecular complexity index is 496. The summed E-state index contributed by atoms with van der Waals surface area (Å²) in [5, 5.41) is 20.5. The molecule has 1 aromatic carbocycles. The maximum atomic E-state index is 13.8. The van der Waals surface area contributed by atoms with E-state index in [0.717, 1.165) is 25.7 Å². The average molecular weight is 275 g/mol. The zero-order chi connectivity index (χ0) is 14.6. The van der Waals surface area contributed by atoms with E-state index in [1.165, 1.54) is 6.07 Å². The van der Waals surface area contributed by atoms with Gasteiger partial charge in [-0.1, -0.05) is 43.9 Å². The van der Waals surface area contributed by atoms with Crippen LogP contribution in [-0.2, 0) is 6.42 Å². The molecule has 1 atom stereocenters. The molecular weight excluding hydrogens is 253 g/mol. The van der Waals surface area contributed by atoms with Crippen molar-refractivity contribution in [2.75, 3.05) is 0 Å². The fourth-order valence-corrected chi connectivity index (χ4v) is 3.28. The van der Waals surface area contributed by atoms with Gasteiger partial charge in [0.15, 0.2) is 0 Å². The summed E-state index contributed by atoms with van der Waals surface area (Å²) >= 11 is 0. The van der Waals surface area contributed by atoms with Gasteiger partial charge in [0.25, 0.3) is 0 Å². The third kappa shape index (κ3) is 2.86. The monoisotopic (exact) mass is 275 g/mol. The van der Waals surface area contributed by atoms with Crippen LogP contribution in [0, 0.1) is 22.6 Å². The van der Waals surface area contributed by atoms with E-state index in [4.69, 9.17) is 0 Å². The van der Waals surface area contributed by atoms with Crippen LogP contribution in [0.15, 0.2) is 24.3 Å². The first-order valence-electron chi connectivity index (χ1n) is 7.38. The van der Waals surface area contributed by atoms with Gasteiger partial charge in [0, 0.05) is 6.42 Å². The van der Waals surface area contributed by atoms with Gasteiger partial charge < -0.3 is 5.11 Å². The van der Waals surface area contributed by atoms with Crippen LogP contribution in [-0.4, -0.2) is 10.7 Å². The number of hydrogen-bond donors (Lipinski definition) is 1. The van der Waals surface area contributed by atoms with E-state index in [9.17, 15) is 14.8 Å². The summed E-state index contributed by atoms with van der Waals surface area (Å²) in [7, 11) is 0. The lowest BCUT2D eigenvalue weighted by atomic mass is 9.66. The second-order valence-corrected chi connectivity index (χ2v) is 6.15. The molecule has 0 amide bonds. The second kappa shape index (κ2) is 5.93. The van der Waals surface area contributed by atoms with Crippen LogP contribution in [0.4, 0.5) is 4.39 Å². The Morgan fingerprint density at radius 3 is 2.40 bits per heavy atom. The molecule has 1 N–H and O–H groups in total. The molecule has 0 radical (unpaired) electrons. The van der Waals surface area contributed by atoms with Gasteiger partial charge in [0.1, 0.15) is 5.82 Å². The third-order valence-corrected chi connectivity index (χ3v) is 4.69. The number of benzene rings is 1. The van der Waals surface area contributed by atoms with Crippen LogP contribution in [0.1, 0.15) is 51.0 Å². The number of rotatable bonds is 3. The summed E-state index contributed by atoms with van der Waals surface area (Å²) in [6, 6.07) is 8.85. The molecule has 0 saturated heterocycles. The zero-order valence-corrected chi connectivity index (χ0v) is 12.0. The van der Waals surface area contributed by atoms with Gasteiger partial charge in [-0.25, -0.2) is 4.39 Å². The number of nitrogens with zero attached hydrogens (tertiary/aromatic N) is 1. The molecule has 0 bridgehead atoms. The lowest BCUT2D eigenvalue weighted by Crippen LogP contribution is -2.46. The highest BCUT2D eigenvalue weighted by Gasteiger charge is 2.47. The summed E-state index contributed by atoms with van der Waals surface area (Å²) < 4.78 is 13.8. The first kappa shape index (κ1) is 15.0. The Labute approximate surface area is 120 Å². The van der Waals surface area contributed by atoms with E-state index in [1.54, 1.807) is 25.1 Å². The van der Waals surface area contributed by atoms with Crippen LogP contribution in [0.2, 0.25) is 0 Å². The molecule has 3 heteroatoms. The maximum absolute atomic E-state index is 13.8. The van der Waals surface area contributed by atoms with Gasteiger partial charge in [-0.3, -0.25) is 0 Å². The molecule has 1 aliphatic carbocycles. The standard InChI is InChI=1S/C17H22FNO/c1-16(20,12-14-8-4-5-9-15(14)18)17(13-19)10-6-2-3-7-11-17/h4-5,8-9,20H,2-3,6-7,10-12H2,1H3. The molecule has 1 saturated carbocycles. The van der Waals surface area contributed by atoms with Gasteiger partial charge in [0.05, 0.1) is 17.1 Å². The summed E-state index contributed by atoms with van der Waals surface area (Å²) in [6.45, 7) is 1.69. The molecule has 2 nitrogen and oxygen atoms in total. The van der Waals surface area contributed by atoms with Crippen LogP contribution in [0.5, 0.6) is 0 Å². The summed E-state index contributed by atoms with van der Waals surface area (Å²) in [5.41, 5.74) is -1.48. The van der Waals surface area contributed by atoms with Crippen molar-refractivity contribution >= 4 is 0 Å². The fourth-order valence-electron chi connectivity index (χ4n) is 3.28. The Balaban J connectivity index is 2.27. The number of aliphatic hydroxyl groups is 1. The lowest BCUT2D eigenvalue weighted by molar-refractivity contribution is -0.0474. The minimum absolute atomic E-state index is 0.188. The van der Waals surface area contributed by atoms with E-state index in [2.05, 4.69) is 6.07 Å². The Morgan fingerprint density at radius 1 is 1.25 bits per heavy atom. The summed E-state index contributed by atoms with van der Waals surface area (Å²) in [6.07, 6.45) is 5.73. The van der Waals surface area contributed by atoms with Gasteiger partial charge in [-0.2, -0.15) is 5.26 Å². The predicted octanol–water partition coefficient (Wildman–Crippen LogP) is 3.98. The molecule has 108 valence electrons. The third-order valence-electron chi connectivity index (χ3n) is 4.69. The number of halogens is 1. The number of nitriles is 1. The first-order valence-corrected chi connectivity index (χ1v) is 7.38. The Hall–Kier alpha value is -1.40. The van der Waals surface area contributed by atoms with E-state index >= 15 is 0 Å². The summed E-state index contributed by atoms with van der Waals surface area (Å²) in [4.78, 5) is 0. The highest BCUT2D eigenvalue weighted by molar-refractivity contribution is 5.22. The van der Waals surface area contributed by atoms with Crippen molar-refractivity contribution in [3.63, 3.8) is 0 Å². The molecule has 0 aromatic heterocycles. The van der Waals surface area contributed by atoms with Crippen molar-refractivity contribution < 1.29 is 9.50 Å². The van der Waals surface area contributed by atoms with Gasteiger partial charge >= 0.3 is 0 Å². The van der Waals surface area contributed by atoms with Crippen molar-refractivity contribution in [3.05, 3.63) is 35.6 Å². The molecule has 0 heterocycles. The average Bonchev–Trinajstić information content (AvgIpc) is 2.68. The van der Waals surface area contributed by atoms with Gasteiger partial charge in [-0.15, -0.1) is 0 Å². The smallest absolute Gasteiger partial charge is 0.126 e. The quantitative estimate of drug-likeness (QED) is 0.848. The normalized spacial score (nSPS) is 21.5. The molecular formula is C17H22FNO. The minimum Gasteiger partial charge on any atom is -0.388 e. The Morgan fingerprint density at radius 2 is 1.85 bits per heavy atom. The maximum Gasteiger partial charge on any atom is 0.126 e. The molecule has 2 rings (SSSR count). The van der Waals surface area contributed by atoms with Crippen molar-refractivity contribution in [1.82, 2.24) is 0 Å². The van der Waals surface area contributed by atoms with E-state index in [-0.39, 0.29) is 12.2 Å². The lowest BCUT2D eigenvalue weighted by Gasteiger charge is -2.40. The molecule has 0 spiro atoms. The van der Waals surface area contributed by atoms with Crippen molar-refractivity contribution in [2.45, 2.75) is 57.5 Å².